The van der Waals surface area contributed by atoms with Crippen molar-refractivity contribution < 1.29 is 19.1 Å². The van der Waals surface area contributed by atoms with E-state index < -0.39 is 6.04 Å². The molecule has 2 aromatic carbocycles. The average Bonchev–Trinajstić information content (AvgIpc) is 2.75. The summed E-state index contributed by atoms with van der Waals surface area (Å²) in [6, 6.07) is 14.0. The minimum absolute atomic E-state index is 0.231. The highest BCUT2D eigenvalue weighted by Gasteiger charge is 2.24. The Kier molecular flexibility index (Phi) is 8.27. The Morgan fingerprint density at radius 2 is 1.79 bits per heavy atom. The zero-order chi connectivity index (χ0) is 21.2. The molecule has 0 aliphatic carbocycles. The van der Waals surface area contributed by atoms with Gasteiger partial charge in [-0.2, -0.15) is 0 Å². The Labute approximate surface area is 172 Å². The number of para-hydroxylation sites is 2. The van der Waals surface area contributed by atoms with Crippen molar-refractivity contribution in [3.8, 4) is 11.5 Å². The topological polar surface area (TPSA) is 67.9 Å². The number of nitrogens with zero attached hydrogens (tertiary/aromatic N) is 1. The highest BCUT2D eigenvalue weighted by molar-refractivity contribution is 6.00. The summed E-state index contributed by atoms with van der Waals surface area (Å²) in [6.07, 6.45) is 3.87. The molecule has 2 aromatic rings. The number of hydrogen-bond donors (Lipinski definition) is 1. The third kappa shape index (κ3) is 5.85. The molecule has 0 radical (unpaired) electrons. The maximum atomic E-state index is 12.8. The number of hydrogen-bond acceptors (Lipinski definition) is 4. The molecule has 6 heteroatoms. The normalized spacial score (nSPS) is 11.7. The fourth-order valence-electron chi connectivity index (χ4n) is 2.95. The van der Waals surface area contributed by atoms with Crippen LogP contribution in [0.4, 0.5) is 5.69 Å². The van der Waals surface area contributed by atoms with Crippen LogP contribution in [0.5, 0.6) is 11.5 Å². The third-order valence-corrected chi connectivity index (χ3v) is 4.47. The summed E-state index contributed by atoms with van der Waals surface area (Å²) in [5.41, 5.74) is 1.42. The molecule has 0 saturated carbocycles. The van der Waals surface area contributed by atoms with E-state index in [4.69, 9.17) is 9.47 Å². The summed E-state index contributed by atoms with van der Waals surface area (Å²) < 4.78 is 10.7. The van der Waals surface area contributed by atoms with Crippen molar-refractivity contribution in [2.45, 2.75) is 26.3 Å². The maximum absolute atomic E-state index is 12.8. The largest absolute Gasteiger partial charge is 0.493 e. The van der Waals surface area contributed by atoms with E-state index in [9.17, 15) is 9.59 Å². The summed E-state index contributed by atoms with van der Waals surface area (Å²) >= 11 is 0. The van der Waals surface area contributed by atoms with E-state index in [0.717, 1.165) is 12.0 Å². The van der Waals surface area contributed by atoms with Crippen LogP contribution in [0.2, 0.25) is 0 Å². The molecule has 2 amide bonds. The molecule has 0 saturated heterocycles. The molecule has 6 nitrogen and oxygen atoms in total. The Bertz CT molecular complexity index is 849. The third-order valence-electron chi connectivity index (χ3n) is 4.47. The summed E-state index contributed by atoms with van der Waals surface area (Å²) in [7, 11) is 3.11. The quantitative estimate of drug-likeness (QED) is 0.651. The molecule has 0 aromatic heterocycles. The van der Waals surface area contributed by atoms with Gasteiger partial charge < -0.3 is 19.7 Å². The second-order valence-electron chi connectivity index (χ2n) is 6.48. The van der Waals surface area contributed by atoms with Crippen LogP contribution in [-0.4, -0.2) is 43.5 Å². The van der Waals surface area contributed by atoms with E-state index in [1.165, 1.54) is 6.08 Å². The van der Waals surface area contributed by atoms with Gasteiger partial charge in [0.1, 0.15) is 6.04 Å². The fraction of sp³-hybridized carbons (Fsp3) is 0.304. The SMILES string of the molecule is CCCN(C(=O)/C=C/c1cccc(OC)c1OC)[C@H](C)C(=O)Nc1ccccc1. The van der Waals surface area contributed by atoms with Gasteiger partial charge in [-0.25, -0.2) is 0 Å². The Morgan fingerprint density at radius 1 is 1.07 bits per heavy atom. The standard InChI is InChI=1S/C23H28N2O4/c1-5-16-25(17(2)23(27)24-19-11-7-6-8-12-19)21(26)15-14-18-10-9-13-20(28-3)22(18)29-4/h6-15,17H,5,16H2,1-4H3,(H,24,27)/b15-14+/t17-/m1/s1. The van der Waals surface area contributed by atoms with Crippen LogP contribution >= 0.6 is 0 Å². The molecule has 1 atom stereocenters. The first-order valence-corrected chi connectivity index (χ1v) is 9.57. The second-order valence-corrected chi connectivity index (χ2v) is 6.48. The van der Waals surface area contributed by atoms with Gasteiger partial charge in [-0.05, 0) is 37.6 Å². The van der Waals surface area contributed by atoms with Gasteiger partial charge in [0, 0.05) is 23.9 Å². The van der Waals surface area contributed by atoms with Crippen LogP contribution < -0.4 is 14.8 Å². The predicted octanol–water partition coefficient (Wildman–Crippen LogP) is 3.98. The number of anilines is 1. The number of nitrogens with one attached hydrogen (secondary N) is 1. The summed E-state index contributed by atoms with van der Waals surface area (Å²) in [4.78, 5) is 27.0. The van der Waals surface area contributed by atoms with E-state index in [1.807, 2.05) is 49.4 Å². The molecule has 0 spiro atoms. The molecular formula is C23H28N2O4. The molecule has 0 aliphatic rings. The number of carbonyl (C=O) groups excluding carboxylic acids is 2. The van der Waals surface area contributed by atoms with Crippen LogP contribution in [0.1, 0.15) is 25.8 Å². The monoisotopic (exact) mass is 396 g/mol. The van der Waals surface area contributed by atoms with Gasteiger partial charge in [-0.1, -0.05) is 37.3 Å². The first kappa shape index (κ1) is 22.0. The van der Waals surface area contributed by atoms with Crippen molar-refractivity contribution in [1.82, 2.24) is 4.90 Å². The maximum Gasteiger partial charge on any atom is 0.247 e. The lowest BCUT2D eigenvalue weighted by Gasteiger charge is -2.27. The number of benzene rings is 2. The summed E-state index contributed by atoms with van der Waals surface area (Å²) in [5, 5.41) is 2.85. The molecule has 0 unspecified atom stereocenters. The lowest BCUT2D eigenvalue weighted by atomic mass is 10.1. The van der Waals surface area contributed by atoms with Crippen molar-refractivity contribution in [2.75, 3.05) is 26.1 Å². The Hall–Kier alpha value is -3.28. The molecule has 0 bridgehead atoms. The van der Waals surface area contributed by atoms with Crippen LogP contribution in [-0.2, 0) is 9.59 Å². The van der Waals surface area contributed by atoms with E-state index in [0.29, 0.717) is 23.7 Å². The number of amides is 2. The van der Waals surface area contributed by atoms with Gasteiger partial charge in [0.05, 0.1) is 14.2 Å². The van der Waals surface area contributed by atoms with Crippen molar-refractivity contribution in [2.24, 2.45) is 0 Å². The Balaban J connectivity index is 2.16. The number of rotatable bonds is 9. The first-order chi connectivity index (χ1) is 14.0. The van der Waals surface area contributed by atoms with Crippen molar-refractivity contribution >= 4 is 23.6 Å². The van der Waals surface area contributed by atoms with E-state index in [-0.39, 0.29) is 11.8 Å². The molecule has 29 heavy (non-hydrogen) atoms. The second kappa shape index (κ2) is 10.9. The minimum atomic E-state index is -0.612. The van der Waals surface area contributed by atoms with Crippen LogP contribution in [0.15, 0.2) is 54.6 Å². The van der Waals surface area contributed by atoms with E-state index >= 15 is 0 Å². The molecule has 1 N–H and O–H groups in total. The van der Waals surface area contributed by atoms with Gasteiger partial charge in [-0.3, -0.25) is 9.59 Å². The number of ether oxygens (including phenoxy) is 2. The van der Waals surface area contributed by atoms with Gasteiger partial charge >= 0.3 is 0 Å². The van der Waals surface area contributed by atoms with Gasteiger partial charge in [0.2, 0.25) is 11.8 Å². The van der Waals surface area contributed by atoms with Crippen LogP contribution in [0.3, 0.4) is 0 Å². The number of methoxy groups -OCH3 is 2. The van der Waals surface area contributed by atoms with Crippen LogP contribution in [0, 0.1) is 0 Å². The lowest BCUT2D eigenvalue weighted by Crippen LogP contribution is -2.45. The predicted molar refractivity (Wildman–Crippen MR) is 115 cm³/mol. The molecule has 154 valence electrons. The van der Waals surface area contributed by atoms with Gasteiger partial charge in [-0.15, -0.1) is 0 Å². The van der Waals surface area contributed by atoms with Crippen molar-refractivity contribution in [3.05, 3.63) is 60.2 Å². The van der Waals surface area contributed by atoms with Crippen molar-refractivity contribution in [3.63, 3.8) is 0 Å². The summed E-state index contributed by atoms with van der Waals surface area (Å²) in [5.74, 6) is 0.664. The average molecular weight is 396 g/mol. The highest BCUT2D eigenvalue weighted by atomic mass is 16.5. The smallest absolute Gasteiger partial charge is 0.247 e. The van der Waals surface area contributed by atoms with Gasteiger partial charge in [0.25, 0.3) is 0 Å². The summed E-state index contributed by atoms with van der Waals surface area (Å²) in [6.45, 7) is 4.17. The Morgan fingerprint density at radius 3 is 2.41 bits per heavy atom. The zero-order valence-corrected chi connectivity index (χ0v) is 17.3. The molecular weight excluding hydrogens is 368 g/mol. The molecule has 0 heterocycles. The number of carbonyl (C=O) groups is 2. The molecule has 0 aliphatic heterocycles. The minimum Gasteiger partial charge on any atom is -0.493 e. The fourth-order valence-corrected chi connectivity index (χ4v) is 2.95. The molecule has 0 fully saturated rings. The first-order valence-electron chi connectivity index (χ1n) is 9.57. The molecule has 2 rings (SSSR count). The van der Waals surface area contributed by atoms with E-state index in [1.54, 1.807) is 38.2 Å². The van der Waals surface area contributed by atoms with E-state index in [2.05, 4.69) is 5.32 Å². The lowest BCUT2D eigenvalue weighted by molar-refractivity contribution is -0.134. The highest BCUT2D eigenvalue weighted by Crippen LogP contribution is 2.31. The van der Waals surface area contributed by atoms with Gasteiger partial charge in [0.15, 0.2) is 11.5 Å². The zero-order valence-electron chi connectivity index (χ0n) is 17.3. The van der Waals surface area contributed by atoms with Crippen LogP contribution in [0.25, 0.3) is 6.08 Å². The van der Waals surface area contributed by atoms with Crippen molar-refractivity contribution in [1.29, 1.82) is 0 Å².